The Morgan fingerprint density at radius 1 is 1.50 bits per heavy atom. The Balaban J connectivity index is 1.85. The first-order chi connectivity index (χ1) is 9.58. The van der Waals surface area contributed by atoms with Crippen molar-refractivity contribution in [2.24, 2.45) is 11.7 Å². The maximum Gasteiger partial charge on any atom is 0.326 e. The fourth-order valence-corrected chi connectivity index (χ4v) is 3.45. The molecule has 2 fully saturated rings. The summed E-state index contributed by atoms with van der Waals surface area (Å²) >= 11 is 0. The highest BCUT2D eigenvalue weighted by Gasteiger charge is 2.46. The van der Waals surface area contributed by atoms with Gasteiger partial charge in [0, 0.05) is 12.6 Å². The van der Waals surface area contributed by atoms with Crippen molar-refractivity contribution >= 4 is 5.97 Å². The SMILES string of the molecule is CCOC(=O)C1(N)CCCC1CCN(C)C1CCOC1. The van der Waals surface area contributed by atoms with Crippen LogP contribution in [0.1, 0.15) is 39.0 Å². The highest BCUT2D eigenvalue weighted by Crippen LogP contribution is 2.37. The third-order valence-corrected chi connectivity index (χ3v) is 4.89. The van der Waals surface area contributed by atoms with Crippen molar-refractivity contribution in [3.63, 3.8) is 0 Å². The Morgan fingerprint density at radius 3 is 2.95 bits per heavy atom. The van der Waals surface area contributed by atoms with E-state index in [0.29, 0.717) is 12.6 Å². The lowest BCUT2D eigenvalue weighted by atomic mass is 9.85. The van der Waals surface area contributed by atoms with Crippen LogP contribution in [0.15, 0.2) is 0 Å². The van der Waals surface area contributed by atoms with Gasteiger partial charge in [-0.3, -0.25) is 4.79 Å². The Morgan fingerprint density at radius 2 is 2.30 bits per heavy atom. The number of nitrogens with zero attached hydrogens (tertiary/aromatic N) is 1. The Kier molecular flexibility index (Phi) is 5.41. The molecule has 0 bridgehead atoms. The normalized spacial score (nSPS) is 33.8. The quantitative estimate of drug-likeness (QED) is 0.741. The van der Waals surface area contributed by atoms with Gasteiger partial charge in [0.15, 0.2) is 0 Å². The van der Waals surface area contributed by atoms with Gasteiger partial charge in [-0.15, -0.1) is 0 Å². The molecule has 1 saturated heterocycles. The van der Waals surface area contributed by atoms with Gasteiger partial charge < -0.3 is 20.1 Å². The molecule has 20 heavy (non-hydrogen) atoms. The zero-order valence-corrected chi connectivity index (χ0v) is 12.8. The van der Waals surface area contributed by atoms with Crippen LogP contribution in [0, 0.1) is 5.92 Å². The molecule has 1 saturated carbocycles. The number of rotatable bonds is 6. The fraction of sp³-hybridized carbons (Fsp3) is 0.933. The maximum absolute atomic E-state index is 12.1. The first kappa shape index (κ1) is 15.7. The molecule has 116 valence electrons. The van der Waals surface area contributed by atoms with E-state index in [4.69, 9.17) is 15.2 Å². The molecule has 2 rings (SSSR count). The van der Waals surface area contributed by atoms with Crippen LogP contribution < -0.4 is 5.73 Å². The van der Waals surface area contributed by atoms with Crippen molar-refractivity contribution in [1.29, 1.82) is 0 Å². The number of carbonyl (C=O) groups excluding carboxylic acids is 1. The number of ether oxygens (including phenoxy) is 2. The average molecular weight is 284 g/mol. The summed E-state index contributed by atoms with van der Waals surface area (Å²) in [5, 5.41) is 0. The molecule has 1 aliphatic carbocycles. The third-order valence-electron chi connectivity index (χ3n) is 4.89. The van der Waals surface area contributed by atoms with E-state index in [2.05, 4.69) is 11.9 Å². The van der Waals surface area contributed by atoms with Gasteiger partial charge in [-0.25, -0.2) is 0 Å². The molecule has 0 spiro atoms. The summed E-state index contributed by atoms with van der Waals surface area (Å²) < 4.78 is 10.6. The molecule has 3 atom stereocenters. The predicted molar refractivity (Wildman–Crippen MR) is 77.4 cm³/mol. The smallest absolute Gasteiger partial charge is 0.326 e. The van der Waals surface area contributed by atoms with Crippen LogP contribution in [-0.2, 0) is 14.3 Å². The van der Waals surface area contributed by atoms with Gasteiger partial charge in [-0.2, -0.15) is 0 Å². The van der Waals surface area contributed by atoms with Crippen LogP contribution >= 0.6 is 0 Å². The monoisotopic (exact) mass is 284 g/mol. The topological polar surface area (TPSA) is 64.8 Å². The molecule has 0 radical (unpaired) electrons. The summed E-state index contributed by atoms with van der Waals surface area (Å²) in [4.78, 5) is 14.4. The average Bonchev–Trinajstić information content (AvgIpc) is 3.06. The molecule has 5 heteroatoms. The van der Waals surface area contributed by atoms with Crippen molar-refractivity contribution in [3.05, 3.63) is 0 Å². The Bertz CT molecular complexity index is 331. The van der Waals surface area contributed by atoms with Crippen LogP contribution in [-0.4, -0.2) is 55.9 Å². The van der Waals surface area contributed by atoms with E-state index in [1.54, 1.807) is 0 Å². The standard InChI is InChI=1S/C15H28N2O3/c1-3-20-14(18)15(16)8-4-5-12(15)6-9-17(2)13-7-10-19-11-13/h12-13H,3-11,16H2,1-2H3. The van der Waals surface area contributed by atoms with Crippen LogP contribution in [0.5, 0.6) is 0 Å². The molecule has 2 N–H and O–H groups in total. The van der Waals surface area contributed by atoms with Crippen LogP contribution in [0.2, 0.25) is 0 Å². The number of nitrogens with two attached hydrogens (primary N) is 1. The highest BCUT2D eigenvalue weighted by molar-refractivity contribution is 5.81. The van der Waals surface area contributed by atoms with Crippen LogP contribution in [0.4, 0.5) is 0 Å². The van der Waals surface area contributed by atoms with Gasteiger partial charge in [0.05, 0.1) is 13.2 Å². The molecule has 1 aliphatic heterocycles. The minimum atomic E-state index is -0.761. The van der Waals surface area contributed by atoms with E-state index in [9.17, 15) is 4.79 Å². The summed E-state index contributed by atoms with van der Waals surface area (Å²) in [6.45, 7) is 4.90. The summed E-state index contributed by atoms with van der Waals surface area (Å²) in [7, 11) is 2.14. The molecule has 5 nitrogen and oxygen atoms in total. The molecule has 0 aromatic rings. The van der Waals surface area contributed by atoms with Gasteiger partial charge in [0.1, 0.15) is 5.54 Å². The summed E-state index contributed by atoms with van der Waals surface area (Å²) in [6, 6.07) is 0.520. The lowest BCUT2D eigenvalue weighted by molar-refractivity contribution is -0.151. The highest BCUT2D eigenvalue weighted by atomic mass is 16.5. The van der Waals surface area contributed by atoms with Crippen LogP contribution in [0.3, 0.4) is 0 Å². The van der Waals surface area contributed by atoms with Gasteiger partial charge in [0.25, 0.3) is 0 Å². The first-order valence-electron chi connectivity index (χ1n) is 7.82. The number of esters is 1. The van der Waals surface area contributed by atoms with E-state index in [0.717, 1.165) is 51.9 Å². The van der Waals surface area contributed by atoms with Crippen molar-refractivity contribution in [2.75, 3.05) is 33.4 Å². The second-order valence-corrected chi connectivity index (χ2v) is 6.14. The van der Waals surface area contributed by atoms with Gasteiger partial charge in [-0.1, -0.05) is 6.42 Å². The second-order valence-electron chi connectivity index (χ2n) is 6.14. The fourth-order valence-electron chi connectivity index (χ4n) is 3.45. The number of hydrogen-bond donors (Lipinski definition) is 1. The number of carbonyl (C=O) groups is 1. The molecular formula is C15H28N2O3. The molecule has 0 aromatic carbocycles. The lowest BCUT2D eigenvalue weighted by Gasteiger charge is -2.31. The Labute approximate surface area is 121 Å². The minimum absolute atomic E-state index is 0.214. The van der Waals surface area contributed by atoms with E-state index in [1.807, 2.05) is 6.92 Å². The van der Waals surface area contributed by atoms with E-state index < -0.39 is 5.54 Å². The third kappa shape index (κ3) is 3.32. The number of hydrogen-bond acceptors (Lipinski definition) is 5. The zero-order valence-electron chi connectivity index (χ0n) is 12.8. The van der Waals surface area contributed by atoms with Crippen molar-refractivity contribution in [2.45, 2.75) is 50.6 Å². The molecule has 0 aromatic heterocycles. The van der Waals surface area contributed by atoms with Crippen molar-refractivity contribution in [3.8, 4) is 0 Å². The van der Waals surface area contributed by atoms with E-state index >= 15 is 0 Å². The summed E-state index contributed by atoms with van der Waals surface area (Å²) in [5.41, 5.74) is 5.59. The molecule has 0 amide bonds. The molecule has 3 unspecified atom stereocenters. The van der Waals surface area contributed by atoms with Gasteiger partial charge in [-0.05, 0) is 52.1 Å². The zero-order chi connectivity index (χ0) is 14.6. The second kappa shape index (κ2) is 6.87. The summed E-state index contributed by atoms with van der Waals surface area (Å²) in [5.74, 6) is 0.0284. The van der Waals surface area contributed by atoms with E-state index in [-0.39, 0.29) is 11.9 Å². The van der Waals surface area contributed by atoms with Crippen molar-refractivity contribution in [1.82, 2.24) is 4.90 Å². The summed E-state index contributed by atoms with van der Waals surface area (Å²) in [6.07, 6.45) is 4.88. The van der Waals surface area contributed by atoms with Crippen LogP contribution in [0.25, 0.3) is 0 Å². The first-order valence-corrected chi connectivity index (χ1v) is 7.82. The molecule has 1 heterocycles. The van der Waals surface area contributed by atoms with Gasteiger partial charge in [0.2, 0.25) is 0 Å². The van der Waals surface area contributed by atoms with Crippen molar-refractivity contribution < 1.29 is 14.3 Å². The lowest BCUT2D eigenvalue weighted by Crippen LogP contribution is -2.52. The minimum Gasteiger partial charge on any atom is -0.465 e. The van der Waals surface area contributed by atoms with E-state index in [1.165, 1.54) is 0 Å². The molecule has 2 aliphatic rings. The largest absolute Gasteiger partial charge is 0.465 e. The predicted octanol–water partition coefficient (Wildman–Crippen LogP) is 1.16. The Hall–Kier alpha value is -0.650. The molecular weight excluding hydrogens is 256 g/mol. The van der Waals surface area contributed by atoms with Gasteiger partial charge >= 0.3 is 5.97 Å². The number of likely N-dealkylation sites (N-methyl/N-ethyl adjacent to an activating group) is 1. The maximum atomic E-state index is 12.1.